The minimum atomic E-state index is -0.153. The SMILES string of the molecule is N#Cc1ccc(OCCCCCC(=O)NN)cc1Cl. The molecule has 1 rings (SSSR count). The Morgan fingerprint density at radius 3 is 2.84 bits per heavy atom. The number of hydrazine groups is 1. The van der Waals surface area contributed by atoms with Crippen molar-refractivity contribution in [2.75, 3.05) is 6.61 Å². The summed E-state index contributed by atoms with van der Waals surface area (Å²) in [5.74, 6) is 5.46. The van der Waals surface area contributed by atoms with Crippen LogP contribution in [0, 0.1) is 11.3 Å². The second-order valence-corrected chi connectivity index (χ2v) is 4.39. The monoisotopic (exact) mass is 281 g/mol. The summed E-state index contributed by atoms with van der Waals surface area (Å²) >= 11 is 5.88. The molecule has 0 saturated heterocycles. The van der Waals surface area contributed by atoms with Crippen molar-refractivity contribution < 1.29 is 9.53 Å². The fourth-order valence-electron chi connectivity index (χ4n) is 1.50. The van der Waals surface area contributed by atoms with Crippen LogP contribution in [0.2, 0.25) is 5.02 Å². The Morgan fingerprint density at radius 2 is 2.21 bits per heavy atom. The summed E-state index contributed by atoms with van der Waals surface area (Å²) in [6.07, 6.45) is 2.94. The molecule has 1 aromatic carbocycles. The first-order valence-electron chi connectivity index (χ1n) is 5.99. The third kappa shape index (κ3) is 5.60. The first-order valence-corrected chi connectivity index (χ1v) is 6.37. The van der Waals surface area contributed by atoms with E-state index in [2.05, 4.69) is 5.43 Å². The topological polar surface area (TPSA) is 88.1 Å². The maximum atomic E-state index is 10.9. The van der Waals surface area contributed by atoms with Crippen LogP contribution in [-0.4, -0.2) is 12.5 Å². The van der Waals surface area contributed by atoms with Gasteiger partial charge in [0.05, 0.1) is 17.2 Å². The van der Waals surface area contributed by atoms with Crippen molar-refractivity contribution in [2.24, 2.45) is 5.84 Å². The largest absolute Gasteiger partial charge is 0.494 e. The quantitative estimate of drug-likeness (QED) is 0.347. The number of unbranched alkanes of at least 4 members (excludes halogenated alkanes) is 2. The molecule has 5 nitrogen and oxygen atoms in total. The van der Waals surface area contributed by atoms with Crippen LogP contribution < -0.4 is 16.0 Å². The number of hydrogen-bond acceptors (Lipinski definition) is 4. The number of carbonyl (C=O) groups excluding carboxylic acids is 1. The average Bonchev–Trinajstić information content (AvgIpc) is 2.42. The number of nitriles is 1. The smallest absolute Gasteiger partial charge is 0.233 e. The summed E-state index contributed by atoms with van der Waals surface area (Å²) in [4.78, 5) is 10.9. The highest BCUT2D eigenvalue weighted by molar-refractivity contribution is 6.31. The summed E-state index contributed by atoms with van der Waals surface area (Å²) < 4.78 is 5.50. The molecule has 1 aromatic rings. The normalized spacial score (nSPS) is 9.74. The number of nitrogens with one attached hydrogen (secondary N) is 1. The molecule has 0 bridgehead atoms. The molecule has 0 heterocycles. The number of ether oxygens (including phenoxy) is 1. The molecule has 1 amide bonds. The molecule has 6 heteroatoms. The lowest BCUT2D eigenvalue weighted by molar-refractivity contribution is -0.121. The Morgan fingerprint density at radius 1 is 1.42 bits per heavy atom. The fraction of sp³-hybridized carbons (Fsp3) is 0.385. The van der Waals surface area contributed by atoms with Crippen molar-refractivity contribution in [3.63, 3.8) is 0 Å². The number of halogens is 1. The number of rotatable bonds is 7. The van der Waals surface area contributed by atoms with E-state index in [1.807, 2.05) is 6.07 Å². The summed E-state index contributed by atoms with van der Waals surface area (Å²) in [5, 5.41) is 9.12. The maximum absolute atomic E-state index is 10.9. The zero-order chi connectivity index (χ0) is 14.1. The summed E-state index contributed by atoms with van der Waals surface area (Å²) in [7, 11) is 0. The lowest BCUT2D eigenvalue weighted by Gasteiger charge is -2.06. The molecule has 19 heavy (non-hydrogen) atoms. The predicted molar refractivity (Wildman–Crippen MR) is 72.5 cm³/mol. The van der Waals surface area contributed by atoms with Gasteiger partial charge in [0.1, 0.15) is 11.8 Å². The third-order valence-corrected chi connectivity index (χ3v) is 2.85. The second kappa shape index (κ2) is 8.35. The van der Waals surface area contributed by atoms with E-state index < -0.39 is 0 Å². The van der Waals surface area contributed by atoms with Gasteiger partial charge in [0.25, 0.3) is 0 Å². The molecule has 0 aliphatic carbocycles. The molecule has 3 N–H and O–H groups in total. The molecule has 0 aromatic heterocycles. The molecular formula is C13H16ClN3O2. The lowest BCUT2D eigenvalue weighted by Crippen LogP contribution is -2.29. The molecule has 0 saturated carbocycles. The predicted octanol–water partition coefficient (Wildman–Crippen LogP) is 2.14. The molecule has 0 atom stereocenters. The van der Waals surface area contributed by atoms with E-state index in [0.717, 1.165) is 19.3 Å². The minimum Gasteiger partial charge on any atom is -0.494 e. The van der Waals surface area contributed by atoms with Crippen LogP contribution >= 0.6 is 11.6 Å². The summed E-state index contributed by atoms with van der Waals surface area (Å²) in [6.45, 7) is 0.548. The molecule has 0 unspecified atom stereocenters. The second-order valence-electron chi connectivity index (χ2n) is 3.98. The van der Waals surface area contributed by atoms with Gasteiger partial charge >= 0.3 is 0 Å². The highest BCUT2D eigenvalue weighted by Gasteiger charge is 2.02. The van der Waals surface area contributed by atoms with Gasteiger partial charge in [-0.25, -0.2) is 5.84 Å². The summed E-state index contributed by atoms with van der Waals surface area (Å²) in [5.41, 5.74) is 2.52. The number of nitrogens with zero attached hydrogens (tertiary/aromatic N) is 1. The Labute approximate surface area is 117 Å². The Hall–Kier alpha value is -1.77. The van der Waals surface area contributed by atoms with Crippen molar-refractivity contribution in [3.05, 3.63) is 28.8 Å². The molecule has 0 spiro atoms. The van der Waals surface area contributed by atoms with Gasteiger partial charge in [-0.2, -0.15) is 5.26 Å². The Kier molecular flexibility index (Phi) is 6.72. The first kappa shape index (κ1) is 15.3. The molecule has 0 radical (unpaired) electrons. The van der Waals surface area contributed by atoms with Crippen molar-refractivity contribution in [1.29, 1.82) is 5.26 Å². The number of hydrogen-bond donors (Lipinski definition) is 2. The van der Waals surface area contributed by atoms with Crippen LogP contribution in [0.25, 0.3) is 0 Å². The Balaban J connectivity index is 2.21. The zero-order valence-electron chi connectivity index (χ0n) is 10.5. The van der Waals surface area contributed by atoms with Crippen molar-refractivity contribution in [3.8, 4) is 11.8 Å². The summed E-state index contributed by atoms with van der Waals surface area (Å²) in [6, 6.07) is 6.96. The van der Waals surface area contributed by atoms with Crippen molar-refractivity contribution in [2.45, 2.75) is 25.7 Å². The Bertz CT molecular complexity index is 471. The lowest BCUT2D eigenvalue weighted by atomic mass is 10.2. The van der Waals surface area contributed by atoms with Gasteiger partial charge in [0, 0.05) is 12.5 Å². The van der Waals surface area contributed by atoms with Crippen LogP contribution in [0.15, 0.2) is 18.2 Å². The van der Waals surface area contributed by atoms with Gasteiger partial charge in [-0.15, -0.1) is 0 Å². The molecule has 0 fully saturated rings. The van der Waals surface area contributed by atoms with E-state index >= 15 is 0 Å². The van der Waals surface area contributed by atoms with Gasteiger partial charge in [0.15, 0.2) is 0 Å². The fourth-order valence-corrected chi connectivity index (χ4v) is 1.72. The minimum absolute atomic E-state index is 0.153. The first-order chi connectivity index (χ1) is 9.17. The maximum Gasteiger partial charge on any atom is 0.233 e. The van der Waals surface area contributed by atoms with Crippen LogP contribution in [0.3, 0.4) is 0 Å². The van der Waals surface area contributed by atoms with Crippen LogP contribution in [0.5, 0.6) is 5.75 Å². The molecular weight excluding hydrogens is 266 g/mol. The molecule has 0 aliphatic rings. The average molecular weight is 282 g/mol. The van der Waals surface area contributed by atoms with Gasteiger partial charge in [0.2, 0.25) is 5.91 Å². The number of nitrogens with two attached hydrogens (primary N) is 1. The van der Waals surface area contributed by atoms with Crippen LogP contribution in [0.4, 0.5) is 0 Å². The van der Waals surface area contributed by atoms with Gasteiger partial charge in [-0.3, -0.25) is 10.2 Å². The van der Waals surface area contributed by atoms with Gasteiger partial charge < -0.3 is 4.74 Å². The number of benzene rings is 1. The van der Waals surface area contributed by atoms with E-state index in [-0.39, 0.29) is 5.91 Å². The van der Waals surface area contributed by atoms with E-state index in [1.165, 1.54) is 0 Å². The molecule has 0 aliphatic heterocycles. The van der Waals surface area contributed by atoms with E-state index in [4.69, 9.17) is 27.4 Å². The van der Waals surface area contributed by atoms with E-state index in [1.54, 1.807) is 18.2 Å². The standard InChI is InChI=1S/C13H16ClN3O2/c14-12-8-11(6-5-10(12)9-15)19-7-3-1-2-4-13(18)17-16/h5-6,8H,1-4,7,16H2,(H,17,18). The van der Waals surface area contributed by atoms with E-state index in [0.29, 0.717) is 29.4 Å². The van der Waals surface area contributed by atoms with Crippen molar-refractivity contribution >= 4 is 17.5 Å². The van der Waals surface area contributed by atoms with Gasteiger partial charge in [-0.05, 0) is 31.4 Å². The van der Waals surface area contributed by atoms with Gasteiger partial charge in [-0.1, -0.05) is 11.6 Å². The van der Waals surface area contributed by atoms with Crippen LogP contribution in [-0.2, 0) is 4.79 Å². The zero-order valence-corrected chi connectivity index (χ0v) is 11.2. The number of amides is 1. The van der Waals surface area contributed by atoms with E-state index in [9.17, 15) is 4.79 Å². The van der Waals surface area contributed by atoms with Crippen LogP contribution in [0.1, 0.15) is 31.2 Å². The highest BCUT2D eigenvalue weighted by atomic mass is 35.5. The van der Waals surface area contributed by atoms with Crippen molar-refractivity contribution in [1.82, 2.24) is 5.43 Å². The third-order valence-electron chi connectivity index (χ3n) is 2.54. The number of carbonyl (C=O) groups is 1. The highest BCUT2D eigenvalue weighted by Crippen LogP contribution is 2.22. The molecule has 102 valence electrons.